The van der Waals surface area contributed by atoms with Gasteiger partial charge in [0, 0.05) is 40.9 Å². The topological polar surface area (TPSA) is 21.7 Å². The zero-order valence-electron chi connectivity index (χ0n) is 29.8. The van der Waals surface area contributed by atoms with Crippen molar-refractivity contribution < 1.29 is 9.47 Å². The van der Waals surface area contributed by atoms with Crippen molar-refractivity contribution in [2.75, 3.05) is 31.2 Å². The summed E-state index contributed by atoms with van der Waals surface area (Å²) >= 11 is 0. The third-order valence-corrected chi connectivity index (χ3v) is 11.2. The largest absolute Gasteiger partial charge is 0.472 e. The van der Waals surface area contributed by atoms with Gasteiger partial charge in [0.1, 0.15) is 5.75 Å². The summed E-state index contributed by atoms with van der Waals surface area (Å²) in [6.07, 6.45) is 8.18. The lowest BCUT2D eigenvalue weighted by atomic mass is 9.53. The van der Waals surface area contributed by atoms with Gasteiger partial charge < -0.3 is 14.4 Å². The molecule has 0 N–H and O–H groups in total. The summed E-state index contributed by atoms with van der Waals surface area (Å²) in [5.41, 5.74) is 8.52. The van der Waals surface area contributed by atoms with Crippen molar-refractivity contribution in [3.8, 4) is 16.9 Å². The van der Waals surface area contributed by atoms with Crippen LogP contribution in [0.2, 0.25) is 0 Å². The molecule has 3 heteroatoms. The maximum Gasteiger partial charge on any atom is 0.178 e. The SMILES string of the molecule is CC1(C)CC(C)(C)CC(C)(c2ccccc2-c2cc3c(c4ccccc24)OC(c2ccccc2)(c2ccc(N4CCOCC4)cc2)C=C3)C1. The van der Waals surface area contributed by atoms with Gasteiger partial charge in [-0.25, -0.2) is 0 Å². The normalized spacial score (nSPS) is 22.3. The molecular weight excluding hydrogens is 599 g/mol. The van der Waals surface area contributed by atoms with Crippen molar-refractivity contribution in [2.45, 2.75) is 64.9 Å². The Morgan fingerprint density at radius 3 is 1.92 bits per heavy atom. The first-order valence-corrected chi connectivity index (χ1v) is 18.1. The Balaban J connectivity index is 1.26. The monoisotopic (exact) mass is 647 g/mol. The fourth-order valence-electron chi connectivity index (χ4n) is 10.2. The van der Waals surface area contributed by atoms with Crippen molar-refractivity contribution in [1.82, 2.24) is 0 Å². The lowest BCUT2D eigenvalue weighted by Crippen LogP contribution is -2.42. The van der Waals surface area contributed by atoms with Gasteiger partial charge in [-0.05, 0) is 81.9 Å². The van der Waals surface area contributed by atoms with Crippen LogP contribution < -0.4 is 9.64 Å². The van der Waals surface area contributed by atoms with Gasteiger partial charge in [0.25, 0.3) is 0 Å². The Kier molecular flexibility index (Phi) is 7.76. The molecule has 8 rings (SSSR count). The third kappa shape index (κ3) is 5.76. The third-order valence-electron chi connectivity index (χ3n) is 11.2. The second-order valence-electron chi connectivity index (χ2n) is 16.5. The maximum atomic E-state index is 7.38. The quantitative estimate of drug-likeness (QED) is 0.189. The summed E-state index contributed by atoms with van der Waals surface area (Å²) in [5, 5.41) is 2.38. The summed E-state index contributed by atoms with van der Waals surface area (Å²) in [6, 6.07) is 40.1. The van der Waals surface area contributed by atoms with Crippen LogP contribution >= 0.6 is 0 Å². The van der Waals surface area contributed by atoms with E-state index in [1.807, 2.05) is 0 Å². The molecule has 0 aromatic heterocycles. The van der Waals surface area contributed by atoms with E-state index in [9.17, 15) is 0 Å². The number of hydrogen-bond donors (Lipinski definition) is 0. The second kappa shape index (κ2) is 11.9. The van der Waals surface area contributed by atoms with E-state index in [2.05, 4.69) is 161 Å². The molecule has 49 heavy (non-hydrogen) atoms. The minimum atomic E-state index is -0.757. The zero-order chi connectivity index (χ0) is 33.9. The van der Waals surface area contributed by atoms with E-state index in [1.54, 1.807) is 0 Å². The average Bonchev–Trinajstić information content (AvgIpc) is 3.10. The van der Waals surface area contributed by atoms with Gasteiger partial charge in [-0.15, -0.1) is 0 Å². The predicted octanol–water partition coefficient (Wildman–Crippen LogP) is 11.2. The molecule has 1 unspecified atom stereocenters. The smallest absolute Gasteiger partial charge is 0.178 e. The molecule has 1 saturated heterocycles. The van der Waals surface area contributed by atoms with Gasteiger partial charge in [-0.3, -0.25) is 0 Å². The van der Waals surface area contributed by atoms with Gasteiger partial charge >= 0.3 is 0 Å². The van der Waals surface area contributed by atoms with Gasteiger partial charge in [-0.2, -0.15) is 0 Å². The van der Waals surface area contributed by atoms with Crippen LogP contribution in [0, 0.1) is 10.8 Å². The number of rotatable bonds is 5. The predicted molar refractivity (Wildman–Crippen MR) is 205 cm³/mol. The first-order valence-electron chi connectivity index (χ1n) is 18.1. The highest BCUT2D eigenvalue weighted by atomic mass is 16.5. The number of anilines is 1. The van der Waals surface area contributed by atoms with Crippen LogP contribution in [-0.2, 0) is 15.8 Å². The van der Waals surface area contributed by atoms with Crippen molar-refractivity contribution in [2.24, 2.45) is 10.8 Å². The van der Waals surface area contributed by atoms with E-state index in [1.165, 1.54) is 47.0 Å². The molecule has 0 bridgehead atoms. The number of benzene rings is 5. The zero-order valence-corrected chi connectivity index (χ0v) is 29.8. The summed E-state index contributed by atoms with van der Waals surface area (Å²) in [6.45, 7) is 15.7. The van der Waals surface area contributed by atoms with Crippen LogP contribution in [0.25, 0.3) is 28.0 Å². The molecule has 3 nitrogen and oxygen atoms in total. The molecule has 5 aromatic carbocycles. The Morgan fingerprint density at radius 2 is 1.20 bits per heavy atom. The summed E-state index contributed by atoms with van der Waals surface area (Å²) < 4.78 is 13.0. The van der Waals surface area contributed by atoms with Gasteiger partial charge in [0.15, 0.2) is 5.60 Å². The first-order chi connectivity index (χ1) is 23.6. The van der Waals surface area contributed by atoms with Gasteiger partial charge in [0.2, 0.25) is 0 Å². The highest BCUT2D eigenvalue weighted by molar-refractivity contribution is 6.03. The molecule has 5 aromatic rings. The fraction of sp³-hybridized carbons (Fsp3) is 0.348. The van der Waals surface area contributed by atoms with Crippen LogP contribution in [0.4, 0.5) is 5.69 Å². The Morgan fingerprint density at radius 1 is 0.592 bits per heavy atom. The molecular formula is C46H49NO2. The van der Waals surface area contributed by atoms with E-state index < -0.39 is 5.60 Å². The van der Waals surface area contributed by atoms with Crippen LogP contribution in [-0.4, -0.2) is 26.3 Å². The molecule has 0 radical (unpaired) electrons. The van der Waals surface area contributed by atoms with Crippen molar-refractivity contribution >= 4 is 22.5 Å². The molecule has 1 atom stereocenters. The Hall–Kier alpha value is -4.34. The van der Waals surface area contributed by atoms with Gasteiger partial charge in [-0.1, -0.05) is 132 Å². The fourth-order valence-corrected chi connectivity index (χ4v) is 10.2. The number of hydrogen-bond acceptors (Lipinski definition) is 3. The highest BCUT2D eigenvalue weighted by Crippen LogP contribution is 2.57. The second-order valence-corrected chi connectivity index (χ2v) is 16.5. The molecule has 1 saturated carbocycles. The van der Waals surface area contributed by atoms with E-state index >= 15 is 0 Å². The number of morpholine rings is 1. The first kappa shape index (κ1) is 31.9. The van der Waals surface area contributed by atoms with Crippen molar-refractivity contribution in [3.63, 3.8) is 0 Å². The number of nitrogens with zero attached hydrogens (tertiary/aromatic N) is 1. The van der Waals surface area contributed by atoms with E-state index in [-0.39, 0.29) is 16.2 Å². The summed E-state index contributed by atoms with van der Waals surface area (Å²) in [7, 11) is 0. The summed E-state index contributed by atoms with van der Waals surface area (Å²) in [4.78, 5) is 2.40. The minimum Gasteiger partial charge on any atom is -0.472 e. The molecule has 2 heterocycles. The van der Waals surface area contributed by atoms with E-state index in [0.717, 1.165) is 54.1 Å². The maximum absolute atomic E-state index is 7.38. The molecule has 3 aliphatic rings. The molecule has 250 valence electrons. The lowest BCUT2D eigenvalue weighted by Gasteiger charge is -2.51. The van der Waals surface area contributed by atoms with Crippen molar-refractivity contribution in [3.05, 3.63) is 138 Å². The van der Waals surface area contributed by atoms with E-state index in [4.69, 9.17) is 9.47 Å². The molecule has 2 fully saturated rings. The lowest BCUT2D eigenvalue weighted by molar-refractivity contribution is 0.0533. The minimum absolute atomic E-state index is 0.0705. The van der Waals surface area contributed by atoms with Crippen LogP contribution in [0.3, 0.4) is 0 Å². The number of fused-ring (bicyclic) bond motifs is 3. The van der Waals surface area contributed by atoms with Crippen LogP contribution in [0.5, 0.6) is 5.75 Å². The Bertz CT molecular complexity index is 2000. The Labute approximate surface area is 292 Å². The van der Waals surface area contributed by atoms with Crippen LogP contribution in [0.1, 0.15) is 76.1 Å². The number of ether oxygens (including phenoxy) is 2. The molecule has 0 spiro atoms. The van der Waals surface area contributed by atoms with Crippen LogP contribution in [0.15, 0.2) is 115 Å². The molecule has 0 amide bonds. The van der Waals surface area contributed by atoms with E-state index in [0.29, 0.717) is 0 Å². The standard InChI is InChI=1S/C46H49NO2/c1-43(2)30-44(3,4)32-45(5,31-43)41-18-12-11-16-38(41)40-29-33-23-24-46(34-13-7-6-8-14-34,49-42(33)39-17-10-9-15-37(39)40)35-19-21-36(22-20-35)47-25-27-48-28-26-47/h6-24,29H,25-28,30-32H2,1-5H3. The van der Waals surface area contributed by atoms with Crippen molar-refractivity contribution in [1.29, 1.82) is 0 Å². The summed E-state index contributed by atoms with van der Waals surface area (Å²) in [5.74, 6) is 0.937. The highest BCUT2D eigenvalue weighted by Gasteiger charge is 2.46. The average molecular weight is 648 g/mol. The molecule has 2 aliphatic heterocycles. The van der Waals surface area contributed by atoms with Gasteiger partial charge in [0.05, 0.1) is 13.2 Å². The molecule has 1 aliphatic carbocycles.